The van der Waals surface area contributed by atoms with Crippen LogP contribution in [0.15, 0.2) is 66.7 Å². The van der Waals surface area contributed by atoms with Crippen LogP contribution in [0.25, 0.3) is 0 Å². The molecule has 194 valence electrons. The van der Waals surface area contributed by atoms with E-state index in [0.717, 1.165) is 45.9 Å². The van der Waals surface area contributed by atoms with Gasteiger partial charge in [0, 0.05) is 29.2 Å². The van der Waals surface area contributed by atoms with Crippen molar-refractivity contribution < 1.29 is 14.6 Å². The highest BCUT2D eigenvalue weighted by Crippen LogP contribution is 2.45. The van der Waals surface area contributed by atoms with Gasteiger partial charge in [-0.15, -0.1) is 0 Å². The predicted molar refractivity (Wildman–Crippen MR) is 149 cm³/mol. The Bertz CT molecular complexity index is 1210. The lowest BCUT2D eigenvalue weighted by atomic mass is 9.82. The van der Waals surface area contributed by atoms with E-state index in [0.29, 0.717) is 12.3 Å². The van der Waals surface area contributed by atoms with Crippen molar-refractivity contribution >= 4 is 11.6 Å². The number of carbonyl (C=O) groups excluding carboxylic acids is 1. The van der Waals surface area contributed by atoms with Crippen molar-refractivity contribution in [2.24, 2.45) is 5.92 Å². The first-order valence-electron chi connectivity index (χ1n) is 13.8. The molecule has 3 aromatic carbocycles. The van der Waals surface area contributed by atoms with Gasteiger partial charge in [0.05, 0.1) is 6.10 Å². The second-order valence-corrected chi connectivity index (χ2v) is 11.8. The van der Waals surface area contributed by atoms with Crippen LogP contribution < -0.4 is 10.1 Å². The molecule has 3 aromatic rings. The van der Waals surface area contributed by atoms with Crippen LogP contribution in [-0.2, 0) is 10.2 Å². The van der Waals surface area contributed by atoms with Crippen molar-refractivity contribution in [3.63, 3.8) is 0 Å². The summed E-state index contributed by atoms with van der Waals surface area (Å²) < 4.78 is 6.12. The fourth-order valence-electron chi connectivity index (χ4n) is 6.02. The van der Waals surface area contributed by atoms with E-state index in [4.69, 9.17) is 4.74 Å². The number of hydrogen-bond donors (Lipinski definition) is 2. The van der Waals surface area contributed by atoms with E-state index >= 15 is 0 Å². The smallest absolute Gasteiger partial charge is 0.225 e. The number of nitrogens with one attached hydrogen (secondary N) is 1. The van der Waals surface area contributed by atoms with Crippen molar-refractivity contribution in [3.8, 4) is 11.5 Å². The zero-order valence-corrected chi connectivity index (χ0v) is 22.3. The van der Waals surface area contributed by atoms with Gasteiger partial charge in [-0.25, -0.2) is 0 Å². The molecule has 0 aromatic heterocycles. The van der Waals surface area contributed by atoms with E-state index in [2.05, 4.69) is 32.2 Å². The zero-order chi connectivity index (χ0) is 26.0. The van der Waals surface area contributed by atoms with Gasteiger partial charge in [-0.2, -0.15) is 0 Å². The zero-order valence-electron chi connectivity index (χ0n) is 22.3. The maximum atomic E-state index is 13.6. The molecule has 1 fully saturated rings. The Kier molecular flexibility index (Phi) is 7.39. The molecule has 0 bridgehead atoms. The number of fused-ring (bicyclic) bond motifs is 2. The number of ether oxygens (including phenoxy) is 1. The van der Waals surface area contributed by atoms with Crippen LogP contribution in [0.3, 0.4) is 0 Å². The number of rotatable bonds is 6. The Hall–Kier alpha value is -3.11. The number of benzene rings is 3. The molecule has 5 rings (SSSR count). The molecule has 1 aliphatic heterocycles. The molecule has 1 heterocycles. The van der Waals surface area contributed by atoms with Gasteiger partial charge in [-0.05, 0) is 47.1 Å². The summed E-state index contributed by atoms with van der Waals surface area (Å²) in [6, 6.07) is 22.0. The van der Waals surface area contributed by atoms with Gasteiger partial charge in [0.2, 0.25) is 5.91 Å². The first-order valence-corrected chi connectivity index (χ1v) is 13.8. The number of aliphatic hydroxyl groups is 1. The summed E-state index contributed by atoms with van der Waals surface area (Å²) in [7, 11) is 0. The molecule has 37 heavy (non-hydrogen) atoms. The molecule has 1 amide bonds. The topological polar surface area (TPSA) is 58.6 Å². The first kappa shape index (κ1) is 25.5. The number of para-hydroxylation sites is 2. The molecule has 4 nitrogen and oxygen atoms in total. The van der Waals surface area contributed by atoms with Crippen molar-refractivity contribution in [2.75, 3.05) is 5.32 Å². The average Bonchev–Trinajstić information content (AvgIpc) is 2.88. The first-order chi connectivity index (χ1) is 17.8. The molecular formula is C33H39NO3. The van der Waals surface area contributed by atoms with Crippen LogP contribution in [-0.4, -0.2) is 11.0 Å². The average molecular weight is 498 g/mol. The third-order valence-electron chi connectivity index (χ3n) is 7.99. The van der Waals surface area contributed by atoms with Gasteiger partial charge in [0.1, 0.15) is 11.5 Å². The summed E-state index contributed by atoms with van der Waals surface area (Å²) in [4.78, 5) is 13.6. The maximum Gasteiger partial charge on any atom is 0.225 e. The molecule has 1 unspecified atom stereocenters. The van der Waals surface area contributed by atoms with Gasteiger partial charge < -0.3 is 15.2 Å². The van der Waals surface area contributed by atoms with Gasteiger partial charge in [-0.3, -0.25) is 4.79 Å². The van der Waals surface area contributed by atoms with Crippen molar-refractivity contribution in [2.45, 2.75) is 83.2 Å². The SMILES string of the molecule is CC(C)(C)c1ccc(C(O)CC2CCCCC2)cc1NC(=O)CC1c2ccccc2Oc2ccccc21. The maximum absolute atomic E-state index is 13.6. The number of anilines is 1. The Morgan fingerprint density at radius 2 is 1.57 bits per heavy atom. The highest BCUT2D eigenvalue weighted by atomic mass is 16.5. The van der Waals surface area contributed by atoms with Crippen molar-refractivity contribution in [3.05, 3.63) is 89.0 Å². The Morgan fingerprint density at radius 1 is 0.946 bits per heavy atom. The van der Waals surface area contributed by atoms with Crippen LogP contribution in [0.4, 0.5) is 5.69 Å². The molecule has 2 N–H and O–H groups in total. The molecule has 1 aliphatic carbocycles. The molecule has 4 heteroatoms. The Labute approximate surface area is 221 Å². The molecular weight excluding hydrogens is 458 g/mol. The van der Waals surface area contributed by atoms with Crippen LogP contribution in [0.1, 0.15) is 100.0 Å². The minimum Gasteiger partial charge on any atom is -0.457 e. The van der Waals surface area contributed by atoms with Crippen LogP contribution in [0, 0.1) is 5.92 Å². The molecule has 0 radical (unpaired) electrons. The summed E-state index contributed by atoms with van der Waals surface area (Å²) in [5, 5.41) is 14.3. The van der Waals surface area contributed by atoms with Crippen LogP contribution >= 0.6 is 0 Å². The fourth-order valence-corrected chi connectivity index (χ4v) is 6.02. The van der Waals surface area contributed by atoms with E-state index in [1.165, 1.54) is 32.1 Å². The van der Waals surface area contributed by atoms with E-state index in [1.54, 1.807) is 0 Å². The van der Waals surface area contributed by atoms with E-state index in [1.807, 2.05) is 60.7 Å². The standard InChI is InChI=1S/C33H39NO3/c1-33(2,3)27-18-17-23(29(35)19-22-11-5-4-6-12-22)20-28(27)34-32(36)21-26-24-13-7-9-15-30(24)37-31-16-10-8-14-25(26)31/h7-10,13-18,20,22,26,29,35H,4-6,11-12,19,21H2,1-3H3,(H,34,36). The highest BCUT2D eigenvalue weighted by Gasteiger charge is 2.30. The number of hydrogen-bond acceptors (Lipinski definition) is 3. The van der Waals surface area contributed by atoms with Gasteiger partial charge in [0.25, 0.3) is 0 Å². The Morgan fingerprint density at radius 3 is 2.19 bits per heavy atom. The Balaban J connectivity index is 1.39. The highest BCUT2D eigenvalue weighted by molar-refractivity contribution is 5.93. The normalized spacial score (nSPS) is 16.9. The predicted octanol–water partition coefficient (Wildman–Crippen LogP) is 8.25. The van der Waals surface area contributed by atoms with Crippen molar-refractivity contribution in [1.29, 1.82) is 0 Å². The number of amides is 1. The summed E-state index contributed by atoms with van der Waals surface area (Å²) in [5.74, 6) is 2.07. The van der Waals surface area contributed by atoms with E-state index < -0.39 is 6.10 Å². The molecule has 2 aliphatic rings. The third-order valence-corrected chi connectivity index (χ3v) is 7.99. The molecule has 0 spiro atoms. The quantitative estimate of drug-likeness (QED) is 0.360. The third kappa shape index (κ3) is 5.75. The number of carbonyl (C=O) groups is 1. The lowest BCUT2D eigenvalue weighted by molar-refractivity contribution is -0.116. The summed E-state index contributed by atoms with van der Waals surface area (Å²) in [6.07, 6.45) is 6.84. The van der Waals surface area contributed by atoms with Crippen LogP contribution in [0.5, 0.6) is 11.5 Å². The van der Waals surface area contributed by atoms with Crippen LogP contribution in [0.2, 0.25) is 0 Å². The van der Waals surface area contributed by atoms with E-state index in [-0.39, 0.29) is 17.2 Å². The second kappa shape index (κ2) is 10.7. The summed E-state index contributed by atoms with van der Waals surface area (Å²) in [5.41, 5.74) is 4.67. The van der Waals surface area contributed by atoms with Crippen molar-refractivity contribution in [1.82, 2.24) is 0 Å². The summed E-state index contributed by atoms with van der Waals surface area (Å²) in [6.45, 7) is 6.46. The minimum atomic E-state index is -0.512. The fraction of sp³-hybridized carbons (Fsp3) is 0.424. The van der Waals surface area contributed by atoms with Gasteiger partial charge in [0.15, 0.2) is 0 Å². The molecule has 1 atom stereocenters. The molecule has 0 saturated heterocycles. The lowest BCUT2D eigenvalue weighted by Crippen LogP contribution is -2.22. The van der Waals surface area contributed by atoms with E-state index in [9.17, 15) is 9.90 Å². The largest absolute Gasteiger partial charge is 0.457 e. The van der Waals surface area contributed by atoms with Gasteiger partial charge in [-0.1, -0.05) is 101 Å². The minimum absolute atomic E-state index is 0.0408. The monoisotopic (exact) mass is 497 g/mol. The lowest BCUT2D eigenvalue weighted by Gasteiger charge is -2.29. The number of aliphatic hydroxyl groups excluding tert-OH is 1. The summed E-state index contributed by atoms with van der Waals surface area (Å²) >= 11 is 0. The van der Waals surface area contributed by atoms with Gasteiger partial charge >= 0.3 is 0 Å². The molecule has 1 saturated carbocycles. The second-order valence-electron chi connectivity index (χ2n) is 11.8.